The Morgan fingerprint density at radius 1 is 1.26 bits per heavy atom. The zero-order chi connectivity index (χ0) is 25.7. The number of pyridine rings is 1. The highest BCUT2D eigenvalue weighted by molar-refractivity contribution is 8.26. The molecule has 1 amide bonds. The fourth-order valence-corrected chi connectivity index (χ4v) is 5.87. The second kappa shape index (κ2) is 11.9. The number of thiocarbonyl (C=S) groups is 1. The standard InChI is InChI=1S/C25H32N4O4S2/c1-5-8-11-29-21(27-12-9-17(10-13-27)24(32)33-7-3)18(16(4)19(15-26)22(29)30)14-20-23(31)28(6-2)25(34)35-20/h14,17H,5-13H2,1-4H3. The number of thioether (sulfide) groups is 1. The van der Waals surface area contributed by atoms with E-state index >= 15 is 0 Å². The summed E-state index contributed by atoms with van der Waals surface area (Å²) in [5.74, 6) is 0.170. The second-order valence-corrected chi connectivity index (χ2v) is 10.3. The van der Waals surface area contributed by atoms with E-state index in [-0.39, 0.29) is 28.9 Å². The van der Waals surface area contributed by atoms with Crippen LogP contribution < -0.4 is 10.5 Å². The molecule has 2 saturated heterocycles. The van der Waals surface area contributed by atoms with E-state index < -0.39 is 0 Å². The lowest BCUT2D eigenvalue weighted by Crippen LogP contribution is -2.41. The number of rotatable bonds is 8. The van der Waals surface area contributed by atoms with Gasteiger partial charge in [0.05, 0.1) is 17.4 Å². The van der Waals surface area contributed by atoms with Gasteiger partial charge in [0.2, 0.25) is 0 Å². The lowest BCUT2D eigenvalue weighted by atomic mass is 9.95. The molecule has 1 aromatic rings. The summed E-state index contributed by atoms with van der Waals surface area (Å²) in [5.41, 5.74) is 1.00. The molecule has 0 aliphatic carbocycles. The number of nitrogens with zero attached hydrogens (tertiary/aromatic N) is 4. The first kappa shape index (κ1) is 27.0. The summed E-state index contributed by atoms with van der Waals surface area (Å²) in [6.07, 6.45) is 4.66. The maximum absolute atomic E-state index is 13.4. The average molecular weight is 517 g/mol. The van der Waals surface area contributed by atoms with E-state index in [9.17, 15) is 19.6 Å². The molecule has 1 aromatic heterocycles. The van der Waals surface area contributed by atoms with Gasteiger partial charge in [-0.1, -0.05) is 37.3 Å². The van der Waals surface area contributed by atoms with Crippen molar-refractivity contribution in [1.29, 1.82) is 5.26 Å². The van der Waals surface area contributed by atoms with Crippen LogP contribution in [0.3, 0.4) is 0 Å². The molecule has 0 spiro atoms. The third-order valence-electron chi connectivity index (χ3n) is 6.46. The SMILES string of the molecule is CCCCn1c(N2CCC(C(=O)OCC)CC2)c(C=C2SC(=S)N(CC)C2=O)c(C)c(C#N)c1=O. The van der Waals surface area contributed by atoms with Crippen LogP contribution in [0.5, 0.6) is 0 Å². The number of unbranched alkanes of at least 4 members (excludes halogenated alkanes) is 1. The summed E-state index contributed by atoms with van der Waals surface area (Å²) in [7, 11) is 0. The van der Waals surface area contributed by atoms with E-state index in [2.05, 4.69) is 11.0 Å². The Hall–Kier alpha value is -2.64. The number of carbonyl (C=O) groups excluding carboxylic acids is 2. The van der Waals surface area contributed by atoms with Gasteiger partial charge >= 0.3 is 5.97 Å². The minimum Gasteiger partial charge on any atom is -0.466 e. The van der Waals surface area contributed by atoms with Gasteiger partial charge in [-0.05, 0) is 51.7 Å². The van der Waals surface area contributed by atoms with E-state index in [1.54, 1.807) is 29.4 Å². The molecule has 2 fully saturated rings. The number of esters is 1. The first-order valence-corrected chi connectivity index (χ1v) is 13.4. The quantitative estimate of drug-likeness (QED) is 0.292. The van der Waals surface area contributed by atoms with Crippen molar-refractivity contribution in [3.63, 3.8) is 0 Å². The van der Waals surface area contributed by atoms with Gasteiger partial charge in [0.1, 0.15) is 21.8 Å². The highest BCUT2D eigenvalue weighted by atomic mass is 32.2. The van der Waals surface area contributed by atoms with Gasteiger partial charge in [-0.3, -0.25) is 23.9 Å². The highest BCUT2D eigenvalue weighted by Gasteiger charge is 2.33. The van der Waals surface area contributed by atoms with Crippen molar-refractivity contribution in [2.75, 3.05) is 31.1 Å². The van der Waals surface area contributed by atoms with Gasteiger partial charge in [0.15, 0.2) is 0 Å². The largest absolute Gasteiger partial charge is 0.466 e. The number of piperidine rings is 1. The Bertz CT molecular complexity index is 1140. The fourth-order valence-electron chi connectivity index (χ4n) is 4.50. The van der Waals surface area contributed by atoms with Crippen LogP contribution in [0.4, 0.5) is 5.82 Å². The lowest BCUT2D eigenvalue weighted by molar-refractivity contribution is -0.148. The molecule has 0 aromatic carbocycles. The zero-order valence-corrected chi connectivity index (χ0v) is 22.4. The molecule has 8 nitrogen and oxygen atoms in total. The molecule has 3 rings (SSSR count). The molecular weight excluding hydrogens is 484 g/mol. The number of carbonyl (C=O) groups is 2. The maximum atomic E-state index is 13.4. The molecule has 0 N–H and O–H groups in total. The first-order valence-electron chi connectivity index (χ1n) is 12.1. The lowest BCUT2D eigenvalue weighted by Gasteiger charge is -2.35. The maximum Gasteiger partial charge on any atom is 0.309 e. The molecule has 2 aliphatic rings. The number of aromatic nitrogens is 1. The molecule has 0 unspecified atom stereocenters. The molecule has 0 saturated carbocycles. The number of hydrogen-bond acceptors (Lipinski definition) is 8. The van der Waals surface area contributed by atoms with Crippen molar-refractivity contribution in [2.45, 2.75) is 59.9 Å². The van der Waals surface area contributed by atoms with Crippen molar-refractivity contribution in [3.8, 4) is 6.07 Å². The highest BCUT2D eigenvalue weighted by Crippen LogP contribution is 2.36. The number of ether oxygens (including phenoxy) is 1. The van der Waals surface area contributed by atoms with Crippen LogP contribution >= 0.6 is 24.0 Å². The van der Waals surface area contributed by atoms with E-state index in [0.29, 0.717) is 71.8 Å². The molecule has 0 bridgehead atoms. The minimum atomic E-state index is -0.320. The third kappa shape index (κ3) is 5.46. The second-order valence-electron chi connectivity index (χ2n) is 8.60. The molecule has 35 heavy (non-hydrogen) atoms. The first-order chi connectivity index (χ1) is 16.8. The Labute approximate surface area is 215 Å². The van der Waals surface area contributed by atoms with Crippen LogP contribution in [0.15, 0.2) is 9.70 Å². The van der Waals surface area contributed by atoms with Crippen LogP contribution in [-0.4, -0.2) is 51.9 Å². The molecule has 0 atom stereocenters. The van der Waals surface area contributed by atoms with E-state index in [0.717, 1.165) is 12.8 Å². The molecular formula is C25H32N4O4S2. The van der Waals surface area contributed by atoms with Crippen LogP contribution in [0, 0.1) is 24.2 Å². The predicted octanol–water partition coefficient (Wildman–Crippen LogP) is 3.83. The minimum absolute atomic E-state index is 0.0866. The van der Waals surface area contributed by atoms with Crippen molar-refractivity contribution >= 4 is 52.1 Å². The number of nitriles is 1. The molecule has 0 radical (unpaired) electrons. The van der Waals surface area contributed by atoms with E-state index in [1.165, 1.54) is 11.8 Å². The van der Waals surface area contributed by atoms with E-state index in [4.69, 9.17) is 17.0 Å². The molecule has 2 aliphatic heterocycles. The van der Waals surface area contributed by atoms with Gasteiger partial charge in [-0.25, -0.2) is 0 Å². The Balaban J connectivity index is 2.14. The number of likely N-dealkylation sites (N-methyl/N-ethyl adjacent to an activating group) is 1. The fraction of sp³-hybridized carbons (Fsp3) is 0.560. The van der Waals surface area contributed by atoms with Crippen molar-refractivity contribution in [3.05, 3.63) is 31.9 Å². The summed E-state index contributed by atoms with van der Waals surface area (Å²) >= 11 is 6.61. The summed E-state index contributed by atoms with van der Waals surface area (Å²) in [5, 5.41) is 9.81. The number of anilines is 1. The van der Waals surface area contributed by atoms with Crippen LogP contribution in [0.2, 0.25) is 0 Å². The Morgan fingerprint density at radius 3 is 2.49 bits per heavy atom. The number of amides is 1. The Kier molecular flexibility index (Phi) is 9.14. The van der Waals surface area contributed by atoms with Gasteiger partial charge in [-0.2, -0.15) is 5.26 Å². The molecule has 10 heteroatoms. The summed E-state index contributed by atoms with van der Waals surface area (Å²) in [4.78, 5) is 42.7. The predicted molar refractivity (Wildman–Crippen MR) is 142 cm³/mol. The van der Waals surface area contributed by atoms with Gasteiger partial charge in [-0.15, -0.1) is 0 Å². The van der Waals surface area contributed by atoms with Gasteiger partial charge in [0, 0.05) is 31.7 Å². The van der Waals surface area contributed by atoms with Gasteiger partial charge < -0.3 is 9.64 Å². The van der Waals surface area contributed by atoms with Crippen LogP contribution in [0.1, 0.15) is 63.1 Å². The number of hydrogen-bond donors (Lipinski definition) is 0. The van der Waals surface area contributed by atoms with Crippen molar-refractivity contribution in [1.82, 2.24) is 9.47 Å². The smallest absolute Gasteiger partial charge is 0.309 e. The van der Waals surface area contributed by atoms with Crippen molar-refractivity contribution < 1.29 is 14.3 Å². The Morgan fingerprint density at radius 2 is 1.94 bits per heavy atom. The average Bonchev–Trinajstić information content (AvgIpc) is 3.12. The zero-order valence-electron chi connectivity index (χ0n) is 20.8. The molecule has 188 valence electrons. The van der Waals surface area contributed by atoms with Gasteiger partial charge in [0.25, 0.3) is 11.5 Å². The van der Waals surface area contributed by atoms with Crippen LogP contribution in [-0.2, 0) is 20.9 Å². The van der Waals surface area contributed by atoms with E-state index in [1.807, 2.05) is 13.8 Å². The monoisotopic (exact) mass is 516 g/mol. The summed E-state index contributed by atoms with van der Waals surface area (Å²) in [6, 6.07) is 2.08. The summed E-state index contributed by atoms with van der Waals surface area (Å²) in [6.45, 7) is 9.90. The summed E-state index contributed by atoms with van der Waals surface area (Å²) < 4.78 is 7.38. The van der Waals surface area contributed by atoms with Crippen molar-refractivity contribution in [2.24, 2.45) is 5.92 Å². The molecule has 3 heterocycles. The third-order valence-corrected chi connectivity index (χ3v) is 7.84. The normalized spacial score (nSPS) is 17.9. The van der Waals surface area contributed by atoms with Crippen LogP contribution in [0.25, 0.3) is 6.08 Å². The topological polar surface area (TPSA) is 95.6 Å².